The average molecular weight is 274 g/mol. The Balaban J connectivity index is 0. The van der Waals surface area contributed by atoms with Crippen molar-refractivity contribution in [3.05, 3.63) is 0 Å². The minimum Gasteiger partial charge on any atom is 0 e. The molecule has 0 rings (SSSR count). The van der Waals surface area contributed by atoms with Crippen molar-refractivity contribution < 1.29 is 56.5 Å². The van der Waals surface area contributed by atoms with Crippen LogP contribution in [0.4, 0.5) is 0 Å². The van der Waals surface area contributed by atoms with E-state index in [1.54, 1.807) is 0 Å². The summed E-state index contributed by atoms with van der Waals surface area (Å²) in [5, 5.41) is 0. The summed E-state index contributed by atoms with van der Waals surface area (Å²) >= 11 is 0. The molecule has 0 saturated heterocycles. The van der Waals surface area contributed by atoms with Gasteiger partial charge in [0.2, 0.25) is 0 Å². The van der Waals surface area contributed by atoms with E-state index in [0.29, 0.717) is 0 Å². The van der Waals surface area contributed by atoms with E-state index >= 15 is 0 Å². The van der Waals surface area contributed by atoms with Crippen LogP contribution in [0.2, 0.25) is 0 Å². The Morgan fingerprint density at radius 1 is 1.00 bits per heavy atom. The summed E-state index contributed by atoms with van der Waals surface area (Å²) in [5.74, 6) is 0. The molecule has 26 valence electrons. The first-order valence-corrected chi connectivity index (χ1v) is 0. The van der Waals surface area contributed by atoms with Gasteiger partial charge in [-0.3, -0.25) is 0 Å². The van der Waals surface area contributed by atoms with E-state index in [0.717, 1.165) is 0 Å². The van der Waals surface area contributed by atoms with E-state index < -0.39 is 0 Å². The molecule has 0 spiro atoms. The van der Waals surface area contributed by atoms with E-state index in [2.05, 4.69) is 0 Å². The molecular formula is CuFeKNaNb. The Morgan fingerprint density at radius 3 is 1.00 bits per heavy atom. The number of rotatable bonds is 0. The molecule has 0 bridgehead atoms. The number of hydrogen-bond acceptors (Lipinski definition) is 0. The van der Waals surface area contributed by atoms with Crippen molar-refractivity contribution in [1.82, 2.24) is 0 Å². The fourth-order valence-electron chi connectivity index (χ4n) is 0. The van der Waals surface area contributed by atoms with Gasteiger partial charge in [-0.2, -0.15) is 0 Å². The summed E-state index contributed by atoms with van der Waals surface area (Å²) in [7, 11) is 0. The standard InChI is InChI=1S/Cu.Fe.K.Na.Nb. The van der Waals surface area contributed by atoms with Crippen LogP contribution >= 0.6 is 0 Å². The van der Waals surface area contributed by atoms with Gasteiger partial charge >= 0.3 is 0 Å². The number of hydrogen-bond donors (Lipinski definition) is 0. The minimum absolute atomic E-state index is 0. The molecule has 0 amide bonds. The van der Waals surface area contributed by atoms with Gasteiger partial charge in [0.25, 0.3) is 0 Å². The van der Waals surface area contributed by atoms with Crippen molar-refractivity contribution in [2.75, 3.05) is 0 Å². The van der Waals surface area contributed by atoms with Crippen LogP contribution in [0.3, 0.4) is 0 Å². The van der Waals surface area contributed by atoms with Gasteiger partial charge in [0.15, 0.2) is 0 Å². The third-order valence-electron chi connectivity index (χ3n) is 0. The first kappa shape index (κ1) is 34.2. The molecule has 0 aliphatic carbocycles. The van der Waals surface area contributed by atoms with Crippen molar-refractivity contribution in [3.63, 3.8) is 0 Å². The molecule has 0 aliphatic rings. The zero-order valence-electron chi connectivity index (χ0n) is 3.10. The van der Waals surface area contributed by atoms with Gasteiger partial charge < -0.3 is 0 Å². The maximum Gasteiger partial charge on any atom is 0 e. The topological polar surface area (TPSA) is 0 Å². The van der Waals surface area contributed by atoms with Gasteiger partial charge in [0.05, 0.1) is 0 Å². The summed E-state index contributed by atoms with van der Waals surface area (Å²) in [6.45, 7) is 0. The van der Waals surface area contributed by atoms with Crippen molar-refractivity contribution in [2.24, 2.45) is 0 Å². The fraction of sp³-hybridized carbons (Fsp3) is 0. The Bertz CT molecular complexity index is 11.6. The van der Waals surface area contributed by atoms with Crippen LogP contribution in [-0.2, 0) is 56.5 Å². The van der Waals surface area contributed by atoms with Gasteiger partial charge in [-0.25, -0.2) is 0 Å². The van der Waals surface area contributed by atoms with Crippen molar-refractivity contribution in [3.8, 4) is 0 Å². The summed E-state index contributed by atoms with van der Waals surface area (Å²) < 4.78 is 0. The third kappa shape index (κ3) is 17.8. The Hall–Kier alpha value is 4.42. The Kier molecular flexibility index (Phi) is 162. The Labute approximate surface area is 134 Å². The maximum absolute atomic E-state index is 0. The summed E-state index contributed by atoms with van der Waals surface area (Å²) in [6.07, 6.45) is 0. The van der Waals surface area contributed by atoms with E-state index in [1.807, 2.05) is 0 Å². The second-order valence-corrected chi connectivity index (χ2v) is 0. The average Bonchev–Trinajstić information content (AvgIpc) is 0. The molecule has 5 heteroatoms. The summed E-state index contributed by atoms with van der Waals surface area (Å²) in [6, 6.07) is 0. The molecular weight excluding hydrogens is 274 g/mol. The molecule has 0 unspecified atom stereocenters. The molecule has 0 aromatic heterocycles. The molecule has 0 fully saturated rings. The first-order valence-electron chi connectivity index (χ1n) is 0. The zero-order valence-corrected chi connectivity index (χ0v) is 12.5. The van der Waals surface area contributed by atoms with Crippen LogP contribution in [0, 0.1) is 0 Å². The second kappa shape index (κ2) is 23.7. The van der Waals surface area contributed by atoms with E-state index in [1.165, 1.54) is 0 Å². The van der Waals surface area contributed by atoms with Crippen LogP contribution in [-0.4, -0.2) is 80.9 Å². The second-order valence-electron chi connectivity index (χ2n) is 0. The normalized spacial score (nSPS) is 0. The molecule has 0 N–H and O–H groups in total. The fourth-order valence-corrected chi connectivity index (χ4v) is 0. The van der Waals surface area contributed by atoms with Crippen molar-refractivity contribution in [1.29, 1.82) is 0 Å². The molecule has 0 nitrogen and oxygen atoms in total. The molecule has 4 radical (unpaired) electrons. The predicted molar refractivity (Wildman–Crippen MR) is 11.5 cm³/mol. The molecule has 0 saturated carbocycles. The molecule has 0 atom stereocenters. The van der Waals surface area contributed by atoms with Crippen LogP contribution in [0.5, 0.6) is 0 Å². The minimum atomic E-state index is 0. The van der Waals surface area contributed by atoms with Crippen molar-refractivity contribution >= 4 is 80.9 Å². The van der Waals surface area contributed by atoms with Gasteiger partial charge in [-0.1, -0.05) is 0 Å². The largest absolute Gasteiger partial charge is 0 e. The van der Waals surface area contributed by atoms with Crippen LogP contribution in [0.15, 0.2) is 0 Å². The molecule has 5 heavy (non-hydrogen) atoms. The predicted octanol–water partition coefficient (Wildman–Crippen LogP) is -0.769. The Morgan fingerprint density at radius 2 is 1.00 bits per heavy atom. The van der Waals surface area contributed by atoms with Crippen LogP contribution in [0.1, 0.15) is 0 Å². The maximum atomic E-state index is 0. The monoisotopic (exact) mass is 274 g/mol. The zero-order chi connectivity index (χ0) is 0. The van der Waals surface area contributed by atoms with Gasteiger partial charge in [0.1, 0.15) is 0 Å². The smallest absolute Gasteiger partial charge is 0 e. The van der Waals surface area contributed by atoms with Gasteiger partial charge in [-0.05, 0) is 0 Å². The molecule has 0 aromatic rings. The van der Waals surface area contributed by atoms with Crippen LogP contribution < -0.4 is 0 Å². The SMILES string of the molecule is [Cu].[Fe].[K].[Na].[Nb]. The molecule has 0 aliphatic heterocycles. The van der Waals surface area contributed by atoms with Crippen LogP contribution in [0.25, 0.3) is 0 Å². The van der Waals surface area contributed by atoms with Crippen molar-refractivity contribution in [2.45, 2.75) is 0 Å². The van der Waals surface area contributed by atoms with E-state index in [-0.39, 0.29) is 137 Å². The molecule has 0 heterocycles. The van der Waals surface area contributed by atoms with E-state index in [9.17, 15) is 0 Å². The van der Waals surface area contributed by atoms with E-state index in [4.69, 9.17) is 0 Å². The van der Waals surface area contributed by atoms with Gasteiger partial charge in [0, 0.05) is 137 Å². The van der Waals surface area contributed by atoms with Gasteiger partial charge in [-0.15, -0.1) is 0 Å². The summed E-state index contributed by atoms with van der Waals surface area (Å²) in [5.41, 5.74) is 0. The molecule has 0 aromatic carbocycles. The summed E-state index contributed by atoms with van der Waals surface area (Å²) in [4.78, 5) is 0. The first-order chi connectivity index (χ1) is 0. The third-order valence-corrected chi connectivity index (χ3v) is 0. The quantitative estimate of drug-likeness (QED) is 0.509.